The Morgan fingerprint density at radius 3 is 2.94 bits per heavy atom. The van der Waals surface area contributed by atoms with Gasteiger partial charge in [-0.15, -0.1) is 0 Å². The lowest BCUT2D eigenvalue weighted by atomic mass is 9.83. The van der Waals surface area contributed by atoms with Crippen molar-refractivity contribution in [3.8, 4) is 11.5 Å². The molecule has 1 fully saturated rings. The number of fused-ring (bicyclic) bond motifs is 1. The largest absolute Gasteiger partial charge is 0.497 e. The predicted octanol–water partition coefficient (Wildman–Crippen LogP) is 3.22. The molecule has 0 saturated heterocycles. The summed E-state index contributed by atoms with van der Waals surface area (Å²) in [6.07, 6.45) is 3.80. The third-order valence-electron chi connectivity index (χ3n) is 4.40. The first-order chi connectivity index (χ1) is 8.64. The van der Waals surface area contributed by atoms with Crippen LogP contribution in [-0.2, 0) is 0 Å². The van der Waals surface area contributed by atoms with Crippen molar-refractivity contribution in [1.82, 2.24) is 0 Å². The Bertz CT molecular complexity index is 495. The second-order valence-electron chi connectivity index (χ2n) is 5.42. The predicted molar refractivity (Wildman–Crippen MR) is 68.3 cm³/mol. The van der Waals surface area contributed by atoms with E-state index in [1.165, 1.54) is 0 Å². The van der Waals surface area contributed by atoms with Crippen molar-refractivity contribution >= 4 is 5.78 Å². The molecule has 1 aromatic carbocycles. The number of carbonyl (C=O) groups is 1. The van der Waals surface area contributed by atoms with Crippen LogP contribution in [0.5, 0.6) is 11.5 Å². The van der Waals surface area contributed by atoms with Crippen LogP contribution in [-0.4, -0.2) is 18.5 Å². The molecule has 1 heterocycles. The van der Waals surface area contributed by atoms with E-state index in [0.29, 0.717) is 23.7 Å². The number of benzene rings is 1. The molecule has 1 saturated carbocycles. The molecule has 1 spiro atoms. The van der Waals surface area contributed by atoms with Gasteiger partial charge in [-0.05, 0) is 37.3 Å². The fraction of sp³-hybridized carbons (Fsp3) is 0.533. The normalized spacial score (nSPS) is 30.1. The molecule has 1 aliphatic heterocycles. The maximum Gasteiger partial charge on any atom is 0.170 e. The van der Waals surface area contributed by atoms with Crippen LogP contribution in [0.2, 0.25) is 0 Å². The number of hydrogen-bond donors (Lipinski definition) is 0. The zero-order valence-corrected chi connectivity index (χ0v) is 10.9. The lowest BCUT2D eigenvalue weighted by Gasteiger charge is -2.38. The van der Waals surface area contributed by atoms with E-state index in [9.17, 15) is 4.79 Å². The van der Waals surface area contributed by atoms with Gasteiger partial charge in [0.2, 0.25) is 0 Å². The van der Waals surface area contributed by atoms with Crippen molar-refractivity contribution in [1.29, 1.82) is 0 Å². The average Bonchev–Trinajstić information content (AvgIpc) is 2.69. The molecule has 1 aromatic rings. The third-order valence-corrected chi connectivity index (χ3v) is 4.40. The fourth-order valence-corrected chi connectivity index (χ4v) is 3.20. The first-order valence-electron chi connectivity index (χ1n) is 6.55. The molecule has 18 heavy (non-hydrogen) atoms. The van der Waals surface area contributed by atoms with E-state index in [-0.39, 0.29) is 11.4 Å². The minimum Gasteiger partial charge on any atom is -0.497 e. The lowest BCUT2D eigenvalue weighted by Crippen LogP contribution is -2.44. The van der Waals surface area contributed by atoms with E-state index >= 15 is 0 Å². The SMILES string of the molecule is COc1ccc2c(c1)OC1(CCCC1C)CC2=O. The Kier molecular flexibility index (Phi) is 2.58. The van der Waals surface area contributed by atoms with Crippen LogP contribution in [0.3, 0.4) is 0 Å². The Balaban J connectivity index is 2.02. The molecule has 96 valence electrons. The van der Waals surface area contributed by atoms with Crippen molar-refractivity contribution in [2.75, 3.05) is 7.11 Å². The lowest BCUT2D eigenvalue weighted by molar-refractivity contribution is 0.0177. The first-order valence-corrected chi connectivity index (χ1v) is 6.55. The van der Waals surface area contributed by atoms with Gasteiger partial charge in [0.05, 0.1) is 19.1 Å². The highest BCUT2D eigenvalue weighted by Crippen LogP contribution is 2.46. The number of ether oxygens (including phenoxy) is 2. The van der Waals surface area contributed by atoms with Crippen LogP contribution >= 0.6 is 0 Å². The molecule has 2 atom stereocenters. The van der Waals surface area contributed by atoms with E-state index in [1.54, 1.807) is 7.11 Å². The summed E-state index contributed by atoms with van der Waals surface area (Å²) in [5.41, 5.74) is 0.428. The standard InChI is InChI=1S/C15H18O3/c1-10-4-3-7-15(10)9-13(16)12-6-5-11(17-2)8-14(12)18-15/h5-6,8,10H,3-4,7,9H2,1-2H3. The van der Waals surface area contributed by atoms with E-state index in [4.69, 9.17) is 9.47 Å². The summed E-state index contributed by atoms with van der Waals surface area (Å²) in [7, 11) is 1.63. The van der Waals surface area contributed by atoms with Crippen molar-refractivity contribution < 1.29 is 14.3 Å². The van der Waals surface area contributed by atoms with Gasteiger partial charge in [0.25, 0.3) is 0 Å². The van der Waals surface area contributed by atoms with Gasteiger partial charge in [0, 0.05) is 6.07 Å². The molecule has 0 amide bonds. The van der Waals surface area contributed by atoms with Crippen LogP contribution in [0.4, 0.5) is 0 Å². The highest BCUT2D eigenvalue weighted by Gasteiger charge is 2.47. The molecule has 3 rings (SSSR count). The molecular weight excluding hydrogens is 228 g/mol. The smallest absolute Gasteiger partial charge is 0.170 e. The van der Waals surface area contributed by atoms with E-state index in [1.807, 2.05) is 18.2 Å². The molecule has 2 unspecified atom stereocenters. The second kappa shape index (κ2) is 4.01. The van der Waals surface area contributed by atoms with Crippen LogP contribution in [0.1, 0.15) is 43.0 Å². The molecule has 0 N–H and O–H groups in total. The molecule has 3 heteroatoms. The summed E-state index contributed by atoms with van der Waals surface area (Å²) < 4.78 is 11.4. The van der Waals surface area contributed by atoms with Gasteiger partial charge in [0.15, 0.2) is 5.78 Å². The number of carbonyl (C=O) groups excluding carboxylic acids is 1. The second-order valence-corrected chi connectivity index (χ2v) is 5.42. The van der Waals surface area contributed by atoms with Crippen molar-refractivity contribution in [2.45, 2.75) is 38.2 Å². The van der Waals surface area contributed by atoms with Crippen LogP contribution in [0.25, 0.3) is 0 Å². The van der Waals surface area contributed by atoms with Gasteiger partial charge in [0.1, 0.15) is 17.1 Å². The van der Waals surface area contributed by atoms with Gasteiger partial charge in [-0.3, -0.25) is 4.79 Å². The zero-order chi connectivity index (χ0) is 12.8. The van der Waals surface area contributed by atoms with E-state index in [0.717, 1.165) is 25.0 Å². The molecular formula is C15H18O3. The highest BCUT2D eigenvalue weighted by molar-refractivity contribution is 6.00. The van der Waals surface area contributed by atoms with Gasteiger partial charge >= 0.3 is 0 Å². The van der Waals surface area contributed by atoms with Gasteiger partial charge < -0.3 is 9.47 Å². The maximum atomic E-state index is 12.3. The van der Waals surface area contributed by atoms with Crippen LogP contribution in [0, 0.1) is 5.92 Å². The molecule has 0 bridgehead atoms. The van der Waals surface area contributed by atoms with Gasteiger partial charge in [-0.2, -0.15) is 0 Å². The maximum absolute atomic E-state index is 12.3. The number of rotatable bonds is 1. The van der Waals surface area contributed by atoms with Crippen molar-refractivity contribution in [3.05, 3.63) is 23.8 Å². The summed E-state index contributed by atoms with van der Waals surface area (Å²) in [4.78, 5) is 12.3. The summed E-state index contributed by atoms with van der Waals surface area (Å²) in [6, 6.07) is 5.46. The Labute approximate surface area is 107 Å². The van der Waals surface area contributed by atoms with Gasteiger partial charge in [-0.1, -0.05) is 6.92 Å². The minimum absolute atomic E-state index is 0.202. The number of ketones is 1. The van der Waals surface area contributed by atoms with Crippen LogP contribution < -0.4 is 9.47 Å². The Morgan fingerprint density at radius 2 is 2.28 bits per heavy atom. The van der Waals surface area contributed by atoms with E-state index < -0.39 is 0 Å². The number of Topliss-reactive ketones (excluding diaryl/α,β-unsaturated/α-hetero) is 1. The first kappa shape index (κ1) is 11.6. The summed E-state index contributed by atoms with van der Waals surface area (Å²) in [5, 5.41) is 0. The Morgan fingerprint density at radius 1 is 1.44 bits per heavy atom. The molecule has 1 aliphatic carbocycles. The molecule has 0 aromatic heterocycles. The van der Waals surface area contributed by atoms with Crippen LogP contribution in [0.15, 0.2) is 18.2 Å². The molecule has 0 radical (unpaired) electrons. The average molecular weight is 246 g/mol. The van der Waals surface area contributed by atoms with Crippen molar-refractivity contribution in [2.24, 2.45) is 5.92 Å². The number of hydrogen-bond acceptors (Lipinski definition) is 3. The highest BCUT2D eigenvalue weighted by atomic mass is 16.5. The minimum atomic E-state index is -0.267. The summed E-state index contributed by atoms with van der Waals surface area (Å²) in [5.74, 6) is 2.08. The molecule has 3 nitrogen and oxygen atoms in total. The topological polar surface area (TPSA) is 35.5 Å². The third kappa shape index (κ3) is 1.61. The van der Waals surface area contributed by atoms with Gasteiger partial charge in [-0.25, -0.2) is 0 Å². The van der Waals surface area contributed by atoms with E-state index in [2.05, 4.69) is 6.92 Å². The molecule has 2 aliphatic rings. The zero-order valence-electron chi connectivity index (χ0n) is 10.9. The van der Waals surface area contributed by atoms with Crippen molar-refractivity contribution in [3.63, 3.8) is 0 Å². The Hall–Kier alpha value is -1.51. The quantitative estimate of drug-likeness (QED) is 0.763. The monoisotopic (exact) mass is 246 g/mol. The summed E-state index contributed by atoms with van der Waals surface area (Å²) >= 11 is 0. The number of methoxy groups -OCH3 is 1. The summed E-state index contributed by atoms with van der Waals surface area (Å²) in [6.45, 7) is 2.19. The fourth-order valence-electron chi connectivity index (χ4n) is 3.20.